The molecule has 0 aliphatic carbocycles. The van der Waals surface area contributed by atoms with Crippen molar-refractivity contribution in [2.45, 2.75) is 38.9 Å². The Bertz CT molecular complexity index is 293. The number of rotatable bonds is 8. The summed E-state index contributed by atoms with van der Waals surface area (Å²) in [6, 6.07) is 0. The molecule has 17 heavy (non-hydrogen) atoms. The predicted octanol–water partition coefficient (Wildman–Crippen LogP) is 0.761. The Kier molecular flexibility index (Phi) is 7.78. The summed E-state index contributed by atoms with van der Waals surface area (Å²) in [5, 5.41) is 10.7. The molecule has 0 aliphatic rings. The first-order valence-corrected chi connectivity index (χ1v) is 7.16. The molecule has 1 amide bonds. The lowest BCUT2D eigenvalue weighted by molar-refractivity contribution is -0.140. The van der Waals surface area contributed by atoms with Gasteiger partial charge in [-0.3, -0.25) is 13.8 Å². The molecule has 5 nitrogen and oxygen atoms in total. The van der Waals surface area contributed by atoms with Crippen molar-refractivity contribution in [3.8, 4) is 0 Å². The minimum Gasteiger partial charge on any atom is -0.481 e. The van der Waals surface area contributed by atoms with Crippen LogP contribution in [0.5, 0.6) is 0 Å². The maximum absolute atomic E-state index is 11.7. The van der Waals surface area contributed by atoms with Crippen LogP contribution in [0.25, 0.3) is 0 Å². The highest BCUT2D eigenvalue weighted by atomic mass is 32.2. The normalized spacial score (nSPS) is 15.9. The number of aliphatic carboxylic acids is 1. The molecular weight excluding hydrogens is 242 g/mol. The molecule has 0 saturated heterocycles. The van der Waals surface area contributed by atoms with Crippen molar-refractivity contribution in [2.75, 3.05) is 12.3 Å². The summed E-state index contributed by atoms with van der Waals surface area (Å²) in [5.74, 6) is -1.94. The standard InChI is InChI=1S/C11H21NO4S/c1-4-5-6-12-10(13)9(3)17(16)7-8(2)11(14)15/h8-9H,4-7H2,1-3H3,(H,12,13)(H,14,15). The first-order chi connectivity index (χ1) is 7.90. The summed E-state index contributed by atoms with van der Waals surface area (Å²) in [7, 11) is -1.44. The summed E-state index contributed by atoms with van der Waals surface area (Å²) in [5.41, 5.74) is 0. The molecule has 6 heteroatoms. The molecule has 0 heterocycles. The van der Waals surface area contributed by atoms with Crippen molar-refractivity contribution in [1.29, 1.82) is 0 Å². The van der Waals surface area contributed by atoms with E-state index in [1.165, 1.54) is 6.92 Å². The van der Waals surface area contributed by atoms with Crippen molar-refractivity contribution in [3.05, 3.63) is 0 Å². The third-order valence-corrected chi connectivity index (χ3v) is 4.26. The lowest BCUT2D eigenvalue weighted by Crippen LogP contribution is -2.38. The molecule has 100 valence electrons. The number of nitrogens with one attached hydrogen (secondary N) is 1. The highest BCUT2D eigenvalue weighted by molar-refractivity contribution is 7.86. The van der Waals surface area contributed by atoms with Gasteiger partial charge >= 0.3 is 5.97 Å². The third-order valence-electron chi connectivity index (χ3n) is 2.43. The fraction of sp³-hybridized carbons (Fsp3) is 0.818. The van der Waals surface area contributed by atoms with E-state index in [0.29, 0.717) is 6.54 Å². The molecule has 0 aromatic heterocycles. The van der Waals surface area contributed by atoms with Gasteiger partial charge in [0.25, 0.3) is 0 Å². The van der Waals surface area contributed by atoms with E-state index < -0.39 is 27.9 Å². The van der Waals surface area contributed by atoms with Crippen molar-refractivity contribution in [2.24, 2.45) is 5.92 Å². The number of hydrogen-bond acceptors (Lipinski definition) is 3. The minimum absolute atomic E-state index is 0.0116. The lowest BCUT2D eigenvalue weighted by Gasteiger charge is -2.13. The lowest BCUT2D eigenvalue weighted by atomic mass is 10.2. The van der Waals surface area contributed by atoms with Crippen molar-refractivity contribution in [3.63, 3.8) is 0 Å². The number of carboxylic acid groups (broad SMARTS) is 1. The zero-order valence-electron chi connectivity index (χ0n) is 10.6. The molecule has 0 spiro atoms. The average molecular weight is 263 g/mol. The van der Waals surface area contributed by atoms with Crippen molar-refractivity contribution >= 4 is 22.7 Å². The van der Waals surface area contributed by atoms with Crippen molar-refractivity contribution < 1.29 is 18.9 Å². The number of carbonyl (C=O) groups is 2. The number of amides is 1. The van der Waals surface area contributed by atoms with Gasteiger partial charge in [-0.2, -0.15) is 0 Å². The second-order valence-corrected chi connectivity index (χ2v) is 5.88. The van der Waals surface area contributed by atoms with E-state index >= 15 is 0 Å². The molecule has 0 rings (SSSR count). The van der Waals surface area contributed by atoms with E-state index in [1.54, 1.807) is 6.92 Å². The monoisotopic (exact) mass is 263 g/mol. The zero-order valence-corrected chi connectivity index (χ0v) is 11.4. The van der Waals surface area contributed by atoms with E-state index in [0.717, 1.165) is 12.8 Å². The molecule has 3 atom stereocenters. The van der Waals surface area contributed by atoms with Gasteiger partial charge in [0.05, 0.1) is 5.92 Å². The largest absolute Gasteiger partial charge is 0.481 e. The molecule has 2 N–H and O–H groups in total. The summed E-state index contributed by atoms with van der Waals surface area (Å²) in [4.78, 5) is 22.2. The molecule has 0 radical (unpaired) electrons. The number of unbranched alkanes of at least 4 members (excludes halogenated alkanes) is 1. The molecule has 3 unspecified atom stereocenters. The molecule has 0 fully saturated rings. The third kappa shape index (κ3) is 6.41. The zero-order chi connectivity index (χ0) is 13.4. The Morgan fingerprint density at radius 1 is 1.35 bits per heavy atom. The number of carbonyl (C=O) groups excluding carboxylic acids is 1. The average Bonchev–Trinajstić information content (AvgIpc) is 2.27. The summed E-state index contributed by atoms with van der Waals surface area (Å²) < 4.78 is 11.7. The minimum atomic E-state index is -1.44. The van der Waals surface area contributed by atoms with Gasteiger partial charge in [0, 0.05) is 23.1 Å². The van der Waals surface area contributed by atoms with E-state index in [1.807, 2.05) is 6.92 Å². The second-order valence-electron chi connectivity index (χ2n) is 4.07. The van der Waals surface area contributed by atoms with Crippen LogP contribution in [-0.4, -0.2) is 38.7 Å². The number of carboxylic acids is 1. The van der Waals surface area contributed by atoms with Crippen LogP contribution in [0.4, 0.5) is 0 Å². The van der Waals surface area contributed by atoms with E-state index in [2.05, 4.69) is 5.32 Å². The van der Waals surface area contributed by atoms with Crippen molar-refractivity contribution in [1.82, 2.24) is 5.32 Å². The van der Waals surface area contributed by atoms with Gasteiger partial charge in [-0.1, -0.05) is 20.3 Å². The molecule has 0 aromatic rings. The molecule has 0 aromatic carbocycles. The van der Waals surface area contributed by atoms with Crippen LogP contribution >= 0.6 is 0 Å². The Morgan fingerprint density at radius 3 is 2.41 bits per heavy atom. The van der Waals surface area contributed by atoms with Crippen LogP contribution in [0.3, 0.4) is 0 Å². The smallest absolute Gasteiger partial charge is 0.307 e. The van der Waals surface area contributed by atoms with Crippen LogP contribution in [-0.2, 0) is 20.4 Å². The first kappa shape index (κ1) is 16.1. The number of hydrogen-bond donors (Lipinski definition) is 2. The highest BCUT2D eigenvalue weighted by Gasteiger charge is 2.23. The molecular formula is C11H21NO4S. The summed E-state index contributed by atoms with van der Waals surface area (Å²) in [6.45, 7) is 5.64. The predicted molar refractivity (Wildman–Crippen MR) is 67.2 cm³/mol. The van der Waals surface area contributed by atoms with Gasteiger partial charge in [-0.25, -0.2) is 0 Å². The van der Waals surface area contributed by atoms with Crippen LogP contribution in [0.2, 0.25) is 0 Å². The van der Waals surface area contributed by atoms with Gasteiger partial charge in [-0.05, 0) is 13.3 Å². The maximum atomic E-state index is 11.7. The maximum Gasteiger partial charge on any atom is 0.307 e. The van der Waals surface area contributed by atoms with Crippen LogP contribution in [0.15, 0.2) is 0 Å². The summed E-state index contributed by atoms with van der Waals surface area (Å²) >= 11 is 0. The molecule has 0 aliphatic heterocycles. The summed E-state index contributed by atoms with van der Waals surface area (Å²) in [6.07, 6.45) is 1.87. The van der Waals surface area contributed by atoms with E-state index in [9.17, 15) is 13.8 Å². The SMILES string of the molecule is CCCCNC(=O)C(C)S(=O)CC(C)C(=O)O. The Hall–Kier alpha value is -0.910. The van der Waals surface area contributed by atoms with Gasteiger partial charge in [0.15, 0.2) is 0 Å². The van der Waals surface area contributed by atoms with E-state index in [-0.39, 0.29) is 11.7 Å². The second kappa shape index (κ2) is 8.22. The van der Waals surface area contributed by atoms with Gasteiger partial charge in [0.2, 0.25) is 5.91 Å². The fourth-order valence-electron chi connectivity index (χ4n) is 1.11. The van der Waals surface area contributed by atoms with Crippen LogP contribution in [0, 0.1) is 5.92 Å². The fourth-order valence-corrected chi connectivity index (χ4v) is 2.36. The van der Waals surface area contributed by atoms with Gasteiger partial charge in [-0.15, -0.1) is 0 Å². The van der Waals surface area contributed by atoms with Crippen LogP contribution in [0.1, 0.15) is 33.6 Å². The molecule has 0 bridgehead atoms. The Morgan fingerprint density at radius 2 is 1.94 bits per heavy atom. The van der Waals surface area contributed by atoms with Gasteiger partial charge in [0.1, 0.15) is 5.25 Å². The molecule has 0 saturated carbocycles. The van der Waals surface area contributed by atoms with Gasteiger partial charge < -0.3 is 10.4 Å². The topological polar surface area (TPSA) is 83.5 Å². The highest BCUT2D eigenvalue weighted by Crippen LogP contribution is 2.04. The van der Waals surface area contributed by atoms with Crippen LogP contribution < -0.4 is 5.32 Å². The van der Waals surface area contributed by atoms with E-state index in [4.69, 9.17) is 5.11 Å². The quantitative estimate of drug-likeness (QED) is 0.633. The Balaban J connectivity index is 4.11. The first-order valence-electron chi connectivity index (χ1n) is 5.77. The Labute approximate surface area is 104 Å².